The summed E-state index contributed by atoms with van der Waals surface area (Å²) >= 11 is 1.37. The average molecular weight is 320 g/mol. The number of likely N-dealkylation sites (tertiary alicyclic amines) is 1. The maximum Gasteiger partial charge on any atom is 0.320 e. The van der Waals surface area contributed by atoms with E-state index >= 15 is 0 Å². The van der Waals surface area contributed by atoms with Crippen LogP contribution in [0, 0.1) is 0 Å². The number of benzene rings is 1. The first-order valence-corrected chi connectivity index (χ1v) is 8.76. The minimum Gasteiger partial charge on any atom is -0.331 e. The van der Waals surface area contributed by atoms with Gasteiger partial charge >= 0.3 is 6.03 Å². The summed E-state index contributed by atoms with van der Waals surface area (Å²) in [5.74, 6) is 0.814. The van der Waals surface area contributed by atoms with Crippen molar-refractivity contribution >= 4 is 22.9 Å². The van der Waals surface area contributed by atoms with Crippen LogP contribution in [0.5, 0.6) is 0 Å². The van der Waals surface area contributed by atoms with Gasteiger partial charge in [0.2, 0.25) is 5.12 Å². The Balaban J connectivity index is 1.76. The Morgan fingerprint density at radius 2 is 2.00 bits per heavy atom. The van der Waals surface area contributed by atoms with E-state index in [1.807, 2.05) is 18.2 Å². The predicted molar refractivity (Wildman–Crippen MR) is 91.0 cm³/mol. The van der Waals surface area contributed by atoms with Crippen molar-refractivity contribution in [1.82, 2.24) is 9.80 Å². The summed E-state index contributed by atoms with van der Waals surface area (Å²) in [6.07, 6.45) is 3.69. The van der Waals surface area contributed by atoms with Crippen molar-refractivity contribution in [3.8, 4) is 0 Å². The van der Waals surface area contributed by atoms with E-state index in [0.29, 0.717) is 6.54 Å². The zero-order valence-electron chi connectivity index (χ0n) is 13.3. The van der Waals surface area contributed by atoms with Gasteiger partial charge in [-0.1, -0.05) is 42.1 Å². The van der Waals surface area contributed by atoms with Crippen LogP contribution >= 0.6 is 11.8 Å². The molecule has 0 N–H and O–H groups in total. The van der Waals surface area contributed by atoms with Crippen LogP contribution in [0.2, 0.25) is 0 Å². The first-order valence-electron chi connectivity index (χ1n) is 7.78. The molecule has 0 unspecified atom stereocenters. The third-order valence-corrected chi connectivity index (χ3v) is 4.90. The summed E-state index contributed by atoms with van der Waals surface area (Å²) in [5.41, 5.74) is 1.31. The number of hydrogen-bond donors (Lipinski definition) is 0. The molecule has 4 nitrogen and oxygen atoms in total. The number of carbonyl (C=O) groups is 2. The third kappa shape index (κ3) is 4.50. The monoisotopic (exact) mass is 320 g/mol. The first kappa shape index (κ1) is 16.9. The molecule has 1 fully saturated rings. The van der Waals surface area contributed by atoms with E-state index in [9.17, 15) is 9.59 Å². The Kier molecular flexibility index (Phi) is 6.31. The van der Waals surface area contributed by atoms with Gasteiger partial charge in [-0.2, -0.15) is 0 Å². The van der Waals surface area contributed by atoms with Crippen molar-refractivity contribution in [2.45, 2.75) is 31.7 Å². The van der Waals surface area contributed by atoms with E-state index in [1.54, 1.807) is 23.9 Å². The minimum absolute atomic E-state index is 0.0549. The minimum atomic E-state index is -0.239. The highest BCUT2D eigenvalue weighted by Gasteiger charge is 2.34. The molecule has 0 bridgehead atoms. The molecule has 0 saturated carbocycles. The van der Waals surface area contributed by atoms with Gasteiger partial charge in [-0.05, 0) is 31.2 Å². The Morgan fingerprint density at radius 1 is 1.27 bits per heavy atom. The van der Waals surface area contributed by atoms with Crippen LogP contribution in [-0.4, -0.2) is 53.4 Å². The van der Waals surface area contributed by atoms with E-state index < -0.39 is 0 Å². The summed E-state index contributed by atoms with van der Waals surface area (Å²) in [4.78, 5) is 27.7. The van der Waals surface area contributed by atoms with Crippen LogP contribution in [0.25, 0.3) is 0 Å². The lowest BCUT2D eigenvalue weighted by atomic mass is 10.1. The molecule has 1 atom stereocenters. The molecule has 2 rings (SSSR count). The summed E-state index contributed by atoms with van der Waals surface area (Å²) < 4.78 is 0. The van der Waals surface area contributed by atoms with Gasteiger partial charge in [0.1, 0.15) is 6.04 Å². The van der Waals surface area contributed by atoms with Crippen molar-refractivity contribution < 1.29 is 9.59 Å². The molecule has 5 heteroatoms. The largest absolute Gasteiger partial charge is 0.331 e. The van der Waals surface area contributed by atoms with Crippen molar-refractivity contribution in [1.29, 1.82) is 0 Å². The van der Waals surface area contributed by atoms with Gasteiger partial charge in [0.15, 0.2) is 0 Å². The molecule has 1 aliphatic rings. The molecule has 120 valence electrons. The van der Waals surface area contributed by atoms with Gasteiger partial charge in [-0.15, -0.1) is 0 Å². The quantitative estimate of drug-likeness (QED) is 0.783. The lowest BCUT2D eigenvalue weighted by Crippen LogP contribution is -2.44. The lowest BCUT2D eigenvalue weighted by Gasteiger charge is -2.26. The van der Waals surface area contributed by atoms with Crippen molar-refractivity contribution in [3.63, 3.8) is 0 Å². The molecule has 1 aliphatic heterocycles. The molecule has 0 spiro atoms. The van der Waals surface area contributed by atoms with E-state index in [-0.39, 0.29) is 17.2 Å². The number of thioether (sulfide) groups is 1. The molecule has 0 aliphatic carbocycles. The third-order valence-electron chi connectivity index (χ3n) is 3.85. The Morgan fingerprint density at radius 3 is 2.68 bits per heavy atom. The number of nitrogens with zero attached hydrogens (tertiary/aromatic N) is 2. The summed E-state index contributed by atoms with van der Waals surface area (Å²) in [5, 5.41) is 0.140. The molecule has 1 aromatic rings. The number of urea groups is 1. The van der Waals surface area contributed by atoms with Crippen LogP contribution < -0.4 is 0 Å². The maximum absolute atomic E-state index is 12.3. The summed E-state index contributed by atoms with van der Waals surface area (Å²) in [7, 11) is 3.46. The molecule has 1 heterocycles. The highest BCUT2D eigenvalue weighted by Crippen LogP contribution is 2.24. The van der Waals surface area contributed by atoms with Crippen molar-refractivity contribution in [2.75, 3.05) is 26.4 Å². The molecular formula is C17H24N2O2S. The SMILES string of the molecule is CN(C)C(=O)N1CCC[C@H]1C(=O)SCCCc1ccccc1. The maximum atomic E-state index is 12.3. The molecule has 1 aromatic carbocycles. The van der Waals surface area contributed by atoms with E-state index in [4.69, 9.17) is 0 Å². The first-order chi connectivity index (χ1) is 10.6. The number of amides is 2. The Bertz CT molecular complexity index is 505. The molecule has 0 aromatic heterocycles. The molecular weight excluding hydrogens is 296 g/mol. The van der Waals surface area contributed by atoms with E-state index in [0.717, 1.165) is 31.4 Å². The number of carbonyl (C=O) groups excluding carboxylic acids is 2. The van der Waals surface area contributed by atoms with Gasteiger partial charge in [0.25, 0.3) is 0 Å². The van der Waals surface area contributed by atoms with Gasteiger partial charge in [0, 0.05) is 26.4 Å². The predicted octanol–water partition coefficient (Wildman–Crippen LogP) is 3.03. The van der Waals surface area contributed by atoms with Gasteiger partial charge in [0.05, 0.1) is 0 Å². The fourth-order valence-corrected chi connectivity index (χ4v) is 3.61. The van der Waals surface area contributed by atoms with Crippen LogP contribution in [-0.2, 0) is 11.2 Å². The Labute approximate surface area is 136 Å². The van der Waals surface area contributed by atoms with E-state index in [1.165, 1.54) is 17.3 Å². The highest BCUT2D eigenvalue weighted by atomic mass is 32.2. The lowest BCUT2D eigenvalue weighted by molar-refractivity contribution is -0.114. The standard InChI is InChI=1S/C17H24N2O2S/c1-18(2)17(21)19-12-6-11-15(19)16(20)22-13-7-10-14-8-4-3-5-9-14/h3-5,8-9,15H,6-7,10-13H2,1-2H3/t15-/m0/s1. The van der Waals surface area contributed by atoms with E-state index in [2.05, 4.69) is 12.1 Å². The molecule has 22 heavy (non-hydrogen) atoms. The van der Waals surface area contributed by atoms with Crippen LogP contribution in [0.4, 0.5) is 4.79 Å². The molecule has 2 amide bonds. The highest BCUT2D eigenvalue weighted by molar-refractivity contribution is 8.13. The smallest absolute Gasteiger partial charge is 0.320 e. The summed E-state index contributed by atoms with van der Waals surface area (Å²) in [6.45, 7) is 0.692. The molecule has 1 saturated heterocycles. The number of hydrogen-bond acceptors (Lipinski definition) is 3. The van der Waals surface area contributed by atoms with Crippen LogP contribution in [0.3, 0.4) is 0 Å². The second-order valence-corrected chi connectivity index (χ2v) is 6.88. The normalized spacial score (nSPS) is 17.5. The molecule has 0 radical (unpaired) electrons. The second kappa shape index (κ2) is 8.22. The topological polar surface area (TPSA) is 40.6 Å². The number of aryl methyl sites for hydroxylation is 1. The zero-order chi connectivity index (χ0) is 15.9. The Hall–Kier alpha value is -1.49. The zero-order valence-corrected chi connectivity index (χ0v) is 14.1. The number of rotatable bonds is 5. The van der Waals surface area contributed by atoms with Crippen molar-refractivity contribution in [3.05, 3.63) is 35.9 Å². The fraction of sp³-hybridized carbons (Fsp3) is 0.529. The van der Waals surface area contributed by atoms with Crippen molar-refractivity contribution in [2.24, 2.45) is 0 Å². The van der Waals surface area contributed by atoms with Crippen LogP contribution in [0.1, 0.15) is 24.8 Å². The van der Waals surface area contributed by atoms with Crippen LogP contribution in [0.15, 0.2) is 30.3 Å². The summed E-state index contributed by atoms with van der Waals surface area (Å²) in [6, 6.07) is 10.0. The average Bonchev–Trinajstić information content (AvgIpc) is 3.01. The fourth-order valence-electron chi connectivity index (χ4n) is 2.69. The van der Waals surface area contributed by atoms with Gasteiger partial charge in [-0.3, -0.25) is 4.79 Å². The second-order valence-electron chi connectivity index (χ2n) is 5.79. The van der Waals surface area contributed by atoms with Gasteiger partial charge < -0.3 is 9.80 Å². The van der Waals surface area contributed by atoms with Gasteiger partial charge in [-0.25, -0.2) is 4.79 Å².